The van der Waals surface area contributed by atoms with Crippen LogP contribution >= 0.6 is 11.3 Å². The predicted octanol–water partition coefficient (Wildman–Crippen LogP) is 3.74. The molecule has 0 N–H and O–H groups in total. The minimum Gasteiger partial charge on any atom is -0.493 e. The van der Waals surface area contributed by atoms with Crippen LogP contribution in [0, 0.1) is 11.3 Å². The molecule has 8 heteroatoms. The van der Waals surface area contributed by atoms with E-state index in [2.05, 4.69) is 4.98 Å². The summed E-state index contributed by atoms with van der Waals surface area (Å²) in [5.74, 6) is -0.357. The van der Waals surface area contributed by atoms with Crippen molar-refractivity contribution in [3.63, 3.8) is 0 Å². The highest BCUT2D eigenvalue weighted by Gasteiger charge is 2.24. The molecule has 0 saturated heterocycles. The molecule has 2 aromatic rings. The molecule has 7 nitrogen and oxygen atoms in total. The molecular weight excluding hydrogens is 380 g/mol. The van der Waals surface area contributed by atoms with Crippen LogP contribution in [0.15, 0.2) is 23.6 Å². The van der Waals surface area contributed by atoms with Crippen molar-refractivity contribution in [3.05, 3.63) is 28.6 Å². The van der Waals surface area contributed by atoms with Crippen LogP contribution in [0.3, 0.4) is 0 Å². The summed E-state index contributed by atoms with van der Waals surface area (Å²) < 4.78 is 15.4. The van der Waals surface area contributed by atoms with E-state index in [0.717, 1.165) is 5.56 Å². The number of Topliss-reactive ketones (excluding diaryl/α,β-unsaturated/α-hetero) is 1. The number of ketones is 1. The lowest BCUT2D eigenvalue weighted by Gasteiger charge is -2.08. The van der Waals surface area contributed by atoms with Gasteiger partial charge in [0.05, 0.1) is 32.6 Å². The molecule has 0 spiro atoms. The van der Waals surface area contributed by atoms with Gasteiger partial charge < -0.3 is 14.2 Å². The number of hydrogen-bond donors (Lipinski definition) is 0. The molecule has 0 bridgehead atoms. The highest BCUT2D eigenvalue weighted by Crippen LogP contribution is 2.34. The third-order valence-electron chi connectivity index (χ3n) is 4.01. The highest BCUT2D eigenvalue weighted by molar-refractivity contribution is 7.10. The van der Waals surface area contributed by atoms with Crippen molar-refractivity contribution in [2.75, 3.05) is 20.8 Å². The maximum atomic E-state index is 12.4. The van der Waals surface area contributed by atoms with Crippen molar-refractivity contribution < 1.29 is 23.8 Å². The van der Waals surface area contributed by atoms with E-state index in [4.69, 9.17) is 14.2 Å². The standard InChI is InChI=1S/C20H22N2O5S/c1-4-27-19(24)7-5-6-16(23)14(11-21)20-22-15(12-28-20)13-8-9-17(25-2)18(10-13)26-3/h8-10,12,14H,4-7H2,1-3H3/t14-/m0/s1. The summed E-state index contributed by atoms with van der Waals surface area (Å²) in [6.07, 6.45) is 0.637. The third kappa shape index (κ3) is 5.30. The predicted molar refractivity (Wildman–Crippen MR) is 104 cm³/mol. The number of esters is 1. The van der Waals surface area contributed by atoms with E-state index in [1.807, 2.05) is 12.1 Å². The Morgan fingerprint density at radius 3 is 2.61 bits per heavy atom. The maximum Gasteiger partial charge on any atom is 0.305 e. The molecular formula is C20H22N2O5S. The first-order chi connectivity index (χ1) is 13.5. The smallest absolute Gasteiger partial charge is 0.305 e. The molecule has 148 valence electrons. The fourth-order valence-electron chi connectivity index (χ4n) is 2.60. The summed E-state index contributed by atoms with van der Waals surface area (Å²) in [6.45, 7) is 2.04. The second-order valence-electron chi connectivity index (χ2n) is 5.83. The first kappa shape index (κ1) is 21.4. The van der Waals surface area contributed by atoms with E-state index in [1.54, 1.807) is 38.7 Å². The van der Waals surface area contributed by atoms with Crippen molar-refractivity contribution in [1.82, 2.24) is 4.98 Å². The van der Waals surface area contributed by atoms with Gasteiger partial charge in [-0.3, -0.25) is 9.59 Å². The Morgan fingerprint density at radius 1 is 1.21 bits per heavy atom. The molecule has 0 amide bonds. The summed E-state index contributed by atoms with van der Waals surface area (Å²) in [7, 11) is 3.11. The van der Waals surface area contributed by atoms with E-state index >= 15 is 0 Å². The highest BCUT2D eigenvalue weighted by atomic mass is 32.1. The Morgan fingerprint density at radius 2 is 1.96 bits per heavy atom. The zero-order chi connectivity index (χ0) is 20.5. The molecule has 0 saturated carbocycles. The van der Waals surface area contributed by atoms with Gasteiger partial charge >= 0.3 is 5.97 Å². The number of benzene rings is 1. The van der Waals surface area contributed by atoms with Crippen LogP contribution in [-0.2, 0) is 14.3 Å². The van der Waals surface area contributed by atoms with Gasteiger partial charge in [0, 0.05) is 23.8 Å². The minimum atomic E-state index is -0.943. The average Bonchev–Trinajstić information content (AvgIpc) is 3.18. The molecule has 0 radical (unpaired) electrons. The number of carbonyl (C=O) groups is 2. The molecule has 0 aliphatic heterocycles. The topological polar surface area (TPSA) is 98.5 Å². The number of nitrogens with zero attached hydrogens (tertiary/aromatic N) is 2. The summed E-state index contributed by atoms with van der Waals surface area (Å²) >= 11 is 1.26. The summed E-state index contributed by atoms with van der Waals surface area (Å²) in [6, 6.07) is 7.43. The molecule has 0 fully saturated rings. The lowest BCUT2D eigenvalue weighted by Crippen LogP contribution is -2.12. The minimum absolute atomic E-state index is 0.127. The van der Waals surface area contributed by atoms with Crippen molar-refractivity contribution >= 4 is 23.1 Å². The van der Waals surface area contributed by atoms with Gasteiger partial charge in [0.1, 0.15) is 5.01 Å². The van der Waals surface area contributed by atoms with Crippen molar-refractivity contribution in [2.24, 2.45) is 0 Å². The molecule has 1 aromatic carbocycles. The number of hydrogen-bond acceptors (Lipinski definition) is 8. The monoisotopic (exact) mass is 402 g/mol. The first-order valence-corrected chi connectivity index (χ1v) is 9.67. The Kier molecular flexibility index (Phi) is 7.96. The number of nitriles is 1. The van der Waals surface area contributed by atoms with Crippen LogP contribution in [0.25, 0.3) is 11.3 Å². The van der Waals surface area contributed by atoms with Gasteiger partial charge in [-0.1, -0.05) is 0 Å². The quantitative estimate of drug-likeness (QED) is 0.558. The lowest BCUT2D eigenvalue weighted by atomic mass is 10.0. The molecule has 0 unspecified atom stereocenters. The van der Waals surface area contributed by atoms with E-state index in [9.17, 15) is 14.9 Å². The van der Waals surface area contributed by atoms with Gasteiger partial charge in [0.15, 0.2) is 23.2 Å². The molecule has 28 heavy (non-hydrogen) atoms. The first-order valence-electron chi connectivity index (χ1n) is 8.79. The van der Waals surface area contributed by atoms with Crippen molar-refractivity contribution in [3.8, 4) is 28.8 Å². The van der Waals surface area contributed by atoms with Crippen LogP contribution in [0.5, 0.6) is 11.5 Å². The Balaban J connectivity index is 2.09. The van der Waals surface area contributed by atoms with E-state index in [-0.39, 0.29) is 24.6 Å². The van der Waals surface area contributed by atoms with E-state index in [0.29, 0.717) is 35.2 Å². The van der Waals surface area contributed by atoms with Gasteiger partial charge in [-0.2, -0.15) is 5.26 Å². The largest absolute Gasteiger partial charge is 0.493 e. The number of aromatic nitrogens is 1. The third-order valence-corrected chi connectivity index (χ3v) is 4.92. The zero-order valence-corrected chi connectivity index (χ0v) is 16.9. The van der Waals surface area contributed by atoms with Crippen LogP contribution in [0.4, 0.5) is 0 Å². The van der Waals surface area contributed by atoms with Gasteiger partial charge in [-0.15, -0.1) is 11.3 Å². The van der Waals surface area contributed by atoms with Gasteiger partial charge in [-0.25, -0.2) is 4.98 Å². The molecule has 0 aliphatic rings. The fraction of sp³-hybridized carbons (Fsp3) is 0.400. The Labute approximate surface area is 167 Å². The zero-order valence-electron chi connectivity index (χ0n) is 16.1. The number of carbonyl (C=O) groups excluding carboxylic acids is 2. The fourth-order valence-corrected chi connectivity index (χ4v) is 3.49. The second kappa shape index (κ2) is 10.4. The number of thiazole rings is 1. The molecule has 1 heterocycles. The van der Waals surface area contributed by atoms with Gasteiger partial charge in [0.2, 0.25) is 0 Å². The van der Waals surface area contributed by atoms with Crippen LogP contribution < -0.4 is 9.47 Å². The maximum absolute atomic E-state index is 12.4. The second-order valence-corrected chi connectivity index (χ2v) is 6.72. The Bertz CT molecular complexity index is 872. The molecule has 1 aromatic heterocycles. The van der Waals surface area contributed by atoms with Gasteiger partial charge in [-0.05, 0) is 31.5 Å². The lowest BCUT2D eigenvalue weighted by molar-refractivity contribution is -0.143. The van der Waals surface area contributed by atoms with Gasteiger partial charge in [0.25, 0.3) is 0 Å². The molecule has 1 atom stereocenters. The summed E-state index contributed by atoms with van der Waals surface area (Å²) in [5, 5.41) is 11.7. The van der Waals surface area contributed by atoms with Crippen LogP contribution in [0.2, 0.25) is 0 Å². The van der Waals surface area contributed by atoms with E-state index in [1.165, 1.54) is 11.3 Å². The normalized spacial score (nSPS) is 11.4. The summed E-state index contributed by atoms with van der Waals surface area (Å²) in [4.78, 5) is 28.2. The summed E-state index contributed by atoms with van der Waals surface area (Å²) in [5.41, 5.74) is 1.45. The number of rotatable bonds is 10. The number of methoxy groups -OCH3 is 2. The van der Waals surface area contributed by atoms with Crippen molar-refractivity contribution in [2.45, 2.75) is 32.1 Å². The van der Waals surface area contributed by atoms with E-state index < -0.39 is 5.92 Å². The van der Waals surface area contributed by atoms with Crippen LogP contribution in [-0.4, -0.2) is 37.6 Å². The van der Waals surface area contributed by atoms with Crippen LogP contribution in [0.1, 0.15) is 37.1 Å². The SMILES string of the molecule is CCOC(=O)CCCC(=O)[C@H](C#N)c1nc(-c2ccc(OC)c(OC)c2)cs1. The Hall–Kier alpha value is -2.92. The molecule has 2 rings (SSSR count). The average molecular weight is 402 g/mol. The van der Waals surface area contributed by atoms with Crippen molar-refractivity contribution in [1.29, 1.82) is 5.26 Å². The molecule has 0 aliphatic carbocycles. The number of ether oxygens (including phenoxy) is 3.